The third-order valence-corrected chi connectivity index (χ3v) is 6.65. The Labute approximate surface area is 209 Å². The van der Waals surface area contributed by atoms with Crippen LogP contribution in [0, 0.1) is 27.7 Å². The van der Waals surface area contributed by atoms with E-state index in [0.29, 0.717) is 21.9 Å². The average Bonchev–Trinajstić information content (AvgIpc) is 3.09. The fourth-order valence-electron chi connectivity index (χ4n) is 3.47. The number of thiophene rings is 1. The molecular weight excluding hydrogens is 464 g/mol. The summed E-state index contributed by atoms with van der Waals surface area (Å²) in [5.74, 6) is -0.626. The SMILES string of the molecule is CCOC(=O)c1c(NC(=O)c2ccc(O[C@H](C)C(=O)Nc3ccc(C)cc3C)cc2)sc(C)c1C. The van der Waals surface area contributed by atoms with E-state index in [9.17, 15) is 14.4 Å². The van der Waals surface area contributed by atoms with Crippen molar-refractivity contribution in [3.8, 4) is 5.75 Å². The highest BCUT2D eigenvalue weighted by Gasteiger charge is 2.22. The Morgan fingerprint density at radius 2 is 1.66 bits per heavy atom. The van der Waals surface area contributed by atoms with Crippen molar-refractivity contribution >= 4 is 39.8 Å². The molecular formula is C27H30N2O5S. The molecule has 0 bridgehead atoms. The van der Waals surface area contributed by atoms with E-state index in [1.807, 2.05) is 45.9 Å². The van der Waals surface area contributed by atoms with Crippen molar-refractivity contribution in [2.75, 3.05) is 17.2 Å². The molecule has 3 aromatic rings. The summed E-state index contributed by atoms with van der Waals surface area (Å²) in [7, 11) is 0. The number of amides is 2. The fourth-order valence-corrected chi connectivity index (χ4v) is 4.51. The summed E-state index contributed by atoms with van der Waals surface area (Å²) in [6.07, 6.45) is -0.736. The molecule has 0 radical (unpaired) electrons. The van der Waals surface area contributed by atoms with Gasteiger partial charge in [0.1, 0.15) is 10.8 Å². The molecule has 3 rings (SSSR count). The Kier molecular flexibility index (Phi) is 8.30. The second kappa shape index (κ2) is 11.2. The van der Waals surface area contributed by atoms with Crippen molar-refractivity contribution in [3.63, 3.8) is 0 Å². The minimum absolute atomic E-state index is 0.253. The van der Waals surface area contributed by atoms with Crippen LogP contribution >= 0.6 is 11.3 Å². The number of esters is 1. The van der Waals surface area contributed by atoms with E-state index < -0.39 is 12.1 Å². The molecule has 0 fully saturated rings. The topological polar surface area (TPSA) is 93.7 Å². The number of nitrogens with one attached hydrogen (secondary N) is 2. The molecule has 1 atom stereocenters. The number of carbonyl (C=O) groups is 3. The normalized spacial score (nSPS) is 11.5. The summed E-state index contributed by atoms with van der Waals surface area (Å²) >= 11 is 1.33. The first-order valence-electron chi connectivity index (χ1n) is 11.3. The van der Waals surface area contributed by atoms with Crippen LogP contribution in [0.3, 0.4) is 0 Å². The van der Waals surface area contributed by atoms with Crippen molar-refractivity contribution in [1.82, 2.24) is 0 Å². The molecule has 2 N–H and O–H groups in total. The van der Waals surface area contributed by atoms with E-state index in [-0.39, 0.29) is 18.4 Å². The van der Waals surface area contributed by atoms with Gasteiger partial charge in [0.15, 0.2) is 6.10 Å². The Hall–Kier alpha value is -3.65. The maximum atomic E-state index is 12.8. The molecule has 0 aliphatic rings. The van der Waals surface area contributed by atoms with Gasteiger partial charge in [-0.1, -0.05) is 17.7 Å². The lowest BCUT2D eigenvalue weighted by Gasteiger charge is -2.16. The Morgan fingerprint density at radius 1 is 0.971 bits per heavy atom. The Bertz CT molecular complexity index is 1250. The van der Waals surface area contributed by atoms with Gasteiger partial charge in [0, 0.05) is 16.1 Å². The summed E-state index contributed by atoms with van der Waals surface area (Å²) in [6.45, 7) is 11.3. The van der Waals surface area contributed by atoms with Gasteiger partial charge < -0.3 is 20.1 Å². The van der Waals surface area contributed by atoms with Crippen LogP contribution in [-0.2, 0) is 9.53 Å². The summed E-state index contributed by atoms with van der Waals surface area (Å²) in [5, 5.41) is 6.15. The average molecular weight is 495 g/mol. The summed E-state index contributed by atoms with van der Waals surface area (Å²) in [5.41, 5.74) is 4.40. The van der Waals surface area contributed by atoms with Crippen molar-refractivity contribution in [3.05, 3.63) is 75.2 Å². The smallest absolute Gasteiger partial charge is 0.341 e. The zero-order valence-electron chi connectivity index (χ0n) is 20.8. The standard InChI is InChI=1S/C27H30N2O5S/c1-7-33-27(32)23-17(4)19(6)35-26(23)29-25(31)20-9-11-21(12-10-20)34-18(5)24(30)28-22-13-8-15(2)14-16(22)3/h8-14,18H,7H2,1-6H3,(H,28,30)(H,29,31)/t18-/m1/s1. The van der Waals surface area contributed by atoms with Gasteiger partial charge in [-0.3, -0.25) is 9.59 Å². The highest BCUT2D eigenvalue weighted by Crippen LogP contribution is 2.33. The van der Waals surface area contributed by atoms with E-state index in [1.54, 1.807) is 38.1 Å². The quantitative estimate of drug-likeness (QED) is 0.385. The van der Waals surface area contributed by atoms with Crippen LogP contribution in [0.5, 0.6) is 5.75 Å². The molecule has 0 spiro atoms. The second-order valence-electron chi connectivity index (χ2n) is 8.25. The van der Waals surface area contributed by atoms with E-state index >= 15 is 0 Å². The van der Waals surface area contributed by atoms with Crippen LogP contribution in [-0.4, -0.2) is 30.5 Å². The van der Waals surface area contributed by atoms with Crippen LogP contribution in [0.4, 0.5) is 10.7 Å². The molecule has 1 heterocycles. The monoisotopic (exact) mass is 494 g/mol. The van der Waals surface area contributed by atoms with Crippen LogP contribution in [0.1, 0.15) is 56.1 Å². The third kappa shape index (κ3) is 6.27. The minimum atomic E-state index is -0.736. The molecule has 0 aliphatic heterocycles. The van der Waals surface area contributed by atoms with Gasteiger partial charge in [-0.25, -0.2) is 4.79 Å². The number of hydrogen-bond acceptors (Lipinski definition) is 6. The maximum absolute atomic E-state index is 12.8. The first-order valence-corrected chi connectivity index (χ1v) is 12.2. The Balaban J connectivity index is 1.65. The van der Waals surface area contributed by atoms with Crippen molar-refractivity contribution in [2.24, 2.45) is 0 Å². The molecule has 1 aromatic heterocycles. The maximum Gasteiger partial charge on any atom is 0.341 e. The largest absolute Gasteiger partial charge is 0.481 e. The minimum Gasteiger partial charge on any atom is -0.481 e. The molecule has 184 valence electrons. The highest BCUT2D eigenvalue weighted by atomic mass is 32.1. The summed E-state index contributed by atoms with van der Waals surface area (Å²) in [4.78, 5) is 38.6. The molecule has 0 aliphatic carbocycles. The van der Waals surface area contributed by atoms with Gasteiger partial charge in [-0.2, -0.15) is 0 Å². The molecule has 35 heavy (non-hydrogen) atoms. The van der Waals surface area contributed by atoms with Gasteiger partial charge in [-0.15, -0.1) is 11.3 Å². The molecule has 7 nitrogen and oxygen atoms in total. The van der Waals surface area contributed by atoms with Gasteiger partial charge >= 0.3 is 5.97 Å². The number of anilines is 2. The van der Waals surface area contributed by atoms with E-state index in [1.165, 1.54) is 11.3 Å². The van der Waals surface area contributed by atoms with Gasteiger partial charge in [0.05, 0.1) is 12.2 Å². The third-order valence-electron chi connectivity index (χ3n) is 5.53. The lowest BCUT2D eigenvalue weighted by atomic mass is 10.1. The van der Waals surface area contributed by atoms with Crippen molar-refractivity contribution in [2.45, 2.75) is 47.6 Å². The van der Waals surface area contributed by atoms with E-state index in [4.69, 9.17) is 9.47 Å². The van der Waals surface area contributed by atoms with Crippen molar-refractivity contribution < 1.29 is 23.9 Å². The molecule has 2 aromatic carbocycles. The predicted octanol–water partition coefficient (Wildman–Crippen LogP) is 5.82. The lowest BCUT2D eigenvalue weighted by molar-refractivity contribution is -0.122. The molecule has 8 heteroatoms. The fraction of sp³-hybridized carbons (Fsp3) is 0.296. The van der Waals surface area contributed by atoms with Crippen LogP contribution in [0.2, 0.25) is 0 Å². The molecule has 0 saturated carbocycles. The second-order valence-corrected chi connectivity index (χ2v) is 9.48. The molecule has 2 amide bonds. The molecule has 0 saturated heterocycles. The first-order chi connectivity index (χ1) is 16.6. The van der Waals surface area contributed by atoms with Gasteiger partial charge in [0.2, 0.25) is 0 Å². The van der Waals surface area contributed by atoms with Gasteiger partial charge in [0.25, 0.3) is 11.8 Å². The summed E-state index contributed by atoms with van der Waals surface area (Å²) in [6, 6.07) is 12.3. The van der Waals surface area contributed by atoms with Crippen LogP contribution < -0.4 is 15.4 Å². The van der Waals surface area contributed by atoms with E-state index in [0.717, 1.165) is 27.3 Å². The number of carbonyl (C=O) groups excluding carboxylic acids is 3. The highest BCUT2D eigenvalue weighted by molar-refractivity contribution is 7.16. The predicted molar refractivity (Wildman–Crippen MR) is 139 cm³/mol. The number of rotatable bonds is 8. The zero-order valence-corrected chi connectivity index (χ0v) is 21.6. The number of benzene rings is 2. The number of aryl methyl sites for hydroxylation is 3. The Morgan fingerprint density at radius 3 is 2.29 bits per heavy atom. The van der Waals surface area contributed by atoms with Crippen LogP contribution in [0.15, 0.2) is 42.5 Å². The van der Waals surface area contributed by atoms with Crippen LogP contribution in [0.25, 0.3) is 0 Å². The van der Waals surface area contributed by atoms with Gasteiger partial charge in [-0.05, 0) is 83.0 Å². The van der Waals surface area contributed by atoms with Crippen molar-refractivity contribution in [1.29, 1.82) is 0 Å². The number of ether oxygens (including phenoxy) is 2. The van der Waals surface area contributed by atoms with E-state index in [2.05, 4.69) is 10.6 Å². The summed E-state index contributed by atoms with van der Waals surface area (Å²) < 4.78 is 10.9. The zero-order chi connectivity index (χ0) is 25.7. The lowest BCUT2D eigenvalue weighted by Crippen LogP contribution is -2.30. The number of hydrogen-bond donors (Lipinski definition) is 2. The first kappa shape index (κ1) is 26.0. The molecule has 0 unspecified atom stereocenters.